The van der Waals surface area contributed by atoms with Crippen LogP contribution in [0.5, 0.6) is 0 Å². The van der Waals surface area contributed by atoms with E-state index in [-0.39, 0.29) is 24.2 Å². The van der Waals surface area contributed by atoms with Crippen LogP contribution in [0.2, 0.25) is 0 Å². The van der Waals surface area contributed by atoms with Crippen molar-refractivity contribution in [2.45, 2.75) is 39.5 Å². The molecule has 3 N–H and O–H groups in total. The Kier molecular flexibility index (Phi) is 6.84. The molecule has 1 fully saturated rings. The van der Waals surface area contributed by atoms with Crippen molar-refractivity contribution < 1.29 is 14.7 Å². The average Bonchev–Trinajstić information content (AvgIpc) is 2.35. The van der Waals surface area contributed by atoms with Crippen LogP contribution in [0.25, 0.3) is 0 Å². The van der Waals surface area contributed by atoms with Crippen molar-refractivity contribution in [1.29, 1.82) is 0 Å². The lowest BCUT2D eigenvalue weighted by atomic mass is 9.93. The van der Waals surface area contributed by atoms with Gasteiger partial charge in [0.15, 0.2) is 0 Å². The average molecular weight is 270 g/mol. The van der Waals surface area contributed by atoms with Crippen molar-refractivity contribution >= 4 is 11.9 Å². The van der Waals surface area contributed by atoms with Gasteiger partial charge in [-0.05, 0) is 37.6 Å². The SMILES string of the molecule is CC(C)C[C@H](CNC(=O)C1CCCNC1)CC(=O)O. The van der Waals surface area contributed by atoms with Gasteiger partial charge in [-0.1, -0.05) is 13.8 Å². The highest BCUT2D eigenvalue weighted by Crippen LogP contribution is 2.15. The molecule has 1 aliphatic heterocycles. The number of carbonyl (C=O) groups is 2. The van der Waals surface area contributed by atoms with Gasteiger partial charge in [0.1, 0.15) is 0 Å². The minimum atomic E-state index is -0.792. The predicted molar refractivity (Wildman–Crippen MR) is 73.8 cm³/mol. The lowest BCUT2D eigenvalue weighted by Gasteiger charge is -2.24. The molecule has 0 aromatic heterocycles. The molecule has 19 heavy (non-hydrogen) atoms. The van der Waals surface area contributed by atoms with Gasteiger partial charge < -0.3 is 15.7 Å². The third-order valence-electron chi connectivity index (χ3n) is 3.50. The zero-order valence-electron chi connectivity index (χ0n) is 11.9. The largest absolute Gasteiger partial charge is 0.481 e. The molecule has 1 unspecified atom stereocenters. The Morgan fingerprint density at radius 3 is 2.68 bits per heavy atom. The smallest absolute Gasteiger partial charge is 0.303 e. The molecule has 5 heteroatoms. The molecule has 0 bridgehead atoms. The maximum atomic E-state index is 12.0. The highest BCUT2D eigenvalue weighted by molar-refractivity contribution is 5.79. The Balaban J connectivity index is 2.36. The number of carboxylic acid groups (broad SMARTS) is 1. The van der Waals surface area contributed by atoms with Crippen LogP contribution in [-0.2, 0) is 9.59 Å². The normalized spacial score (nSPS) is 21.1. The topological polar surface area (TPSA) is 78.4 Å². The number of carbonyl (C=O) groups excluding carboxylic acids is 1. The van der Waals surface area contributed by atoms with Gasteiger partial charge in [0.2, 0.25) is 5.91 Å². The summed E-state index contributed by atoms with van der Waals surface area (Å²) in [5.74, 6) is -0.223. The predicted octanol–water partition coefficient (Wildman–Crippen LogP) is 1.24. The van der Waals surface area contributed by atoms with E-state index in [9.17, 15) is 9.59 Å². The standard InChI is InChI=1S/C14H26N2O3/c1-10(2)6-11(7-13(17)18)8-16-14(19)12-4-3-5-15-9-12/h10-12,15H,3-9H2,1-2H3,(H,16,19)(H,17,18)/t11-,12?/m0/s1. The zero-order valence-corrected chi connectivity index (χ0v) is 11.9. The van der Waals surface area contributed by atoms with Gasteiger partial charge in [-0.15, -0.1) is 0 Å². The summed E-state index contributed by atoms with van der Waals surface area (Å²) in [5, 5.41) is 15.0. The second-order valence-electron chi connectivity index (χ2n) is 5.88. The van der Waals surface area contributed by atoms with Crippen molar-refractivity contribution in [1.82, 2.24) is 10.6 Å². The van der Waals surface area contributed by atoms with Crippen LogP contribution in [-0.4, -0.2) is 36.6 Å². The van der Waals surface area contributed by atoms with E-state index in [0.717, 1.165) is 32.4 Å². The van der Waals surface area contributed by atoms with Crippen molar-refractivity contribution in [3.63, 3.8) is 0 Å². The minimum Gasteiger partial charge on any atom is -0.481 e. The van der Waals surface area contributed by atoms with E-state index in [4.69, 9.17) is 5.11 Å². The van der Waals surface area contributed by atoms with Gasteiger partial charge in [-0.25, -0.2) is 0 Å². The zero-order chi connectivity index (χ0) is 14.3. The summed E-state index contributed by atoms with van der Waals surface area (Å²) in [6, 6.07) is 0. The molecule has 5 nitrogen and oxygen atoms in total. The molecule has 1 heterocycles. The molecular weight excluding hydrogens is 244 g/mol. The summed E-state index contributed by atoms with van der Waals surface area (Å²) in [6.45, 7) is 6.33. The van der Waals surface area contributed by atoms with Gasteiger partial charge in [0.25, 0.3) is 0 Å². The van der Waals surface area contributed by atoms with Crippen molar-refractivity contribution in [3.05, 3.63) is 0 Å². The number of hydrogen-bond donors (Lipinski definition) is 3. The van der Waals surface area contributed by atoms with Gasteiger partial charge in [-0.3, -0.25) is 9.59 Å². The Bertz CT molecular complexity index is 299. The Labute approximate surface area is 115 Å². The van der Waals surface area contributed by atoms with Gasteiger partial charge in [0, 0.05) is 19.5 Å². The minimum absolute atomic E-state index is 0.0259. The Morgan fingerprint density at radius 2 is 2.16 bits per heavy atom. The molecular formula is C14H26N2O3. The fourth-order valence-corrected chi connectivity index (χ4v) is 2.62. The molecule has 0 radical (unpaired) electrons. The first-order chi connectivity index (χ1) is 8.99. The summed E-state index contributed by atoms with van der Waals surface area (Å²) in [4.78, 5) is 22.8. The van der Waals surface area contributed by atoms with Gasteiger partial charge in [0.05, 0.1) is 5.92 Å². The van der Waals surface area contributed by atoms with Crippen LogP contribution >= 0.6 is 0 Å². The number of amides is 1. The number of carboxylic acids is 1. The van der Waals surface area contributed by atoms with E-state index in [1.54, 1.807) is 0 Å². The van der Waals surface area contributed by atoms with Crippen LogP contribution in [0.4, 0.5) is 0 Å². The molecule has 0 aromatic rings. The second kappa shape index (κ2) is 8.15. The number of rotatable bonds is 7. The molecule has 0 spiro atoms. The van der Waals surface area contributed by atoms with E-state index in [2.05, 4.69) is 24.5 Å². The fourth-order valence-electron chi connectivity index (χ4n) is 2.62. The molecule has 0 aromatic carbocycles. The van der Waals surface area contributed by atoms with Gasteiger partial charge in [-0.2, -0.15) is 0 Å². The van der Waals surface area contributed by atoms with E-state index in [1.165, 1.54) is 0 Å². The number of nitrogens with one attached hydrogen (secondary N) is 2. The van der Waals surface area contributed by atoms with Crippen molar-refractivity contribution in [2.75, 3.05) is 19.6 Å². The summed E-state index contributed by atoms with van der Waals surface area (Å²) in [6.07, 6.45) is 2.91. The quantitative estimate of drug-likeness (QED) is 0.650. The van der Waals surface area contributed by atoms with E-state index >= 15 is 0 Å². The highest BCUT2D eigenvalue weighted by Gasteiger charge is 2.22. The maximum absolute atomic E-state index is 12.0. The van der Waals surface area contributed by atoms with Crippen LogP contribution in [0.1, 0.15) is 39.5 Å². The van der Waals surface area contributed by atoms with Crippen molar-refractivity contribution in [2.24, 2.45) is 17.8 Å². The van der Waals surface area contributed by atoms with Crippen LogP contribution < -0.4 is 10.6 Å². The maximum Gasteiger partial charge on any atom is 0.303 e. The van der Waals surface area contributed by atoms with E-state index in [0.29, 0.717) is 12.5 Å². The summed E-state index contributed by atoms with van der Waals surface area (Å²) in [7, 11) is 0. The van der Waals surface area contributed by atoms with E-state index in [1.807, 2.05) is 0 Å². The van der Waals surface area contributed by atoms with Crippen LogP contribution in [0, 0.1) is 17.8 Å². The number of aliphatic carboxylic acids is 1. The monoisotopic (exact) mass is 270 g/mol. The summed E-state index contributed by atoms with van der Waals surface area (Å²) >= 11 is 0. The van der Waals surface area contributed by atoms with Crippen molar-refractivity contribution in [3.8, 4) is 0 Å². The molecule has 110 valence electrons. The second-order valence-corrected chi connectivity index (χ2v) is 5.88. The Morgan fingerprint density at radius 1 is 1.42 bits per heavy atom. The fraction of sp³-hybridized carbons (Fsp3) is 0.857. The third-order valence-corrected chi connectivity index (χ3v) is 3.50. The van der Waals surface area contributed by atoms with Crippen LogP contribution in [0.15, 0.2) is 0 Å². The van der Waals surface area contributed by atoms with Crippen LogP contribution in [0.3, 0.4) is 0 Å². The lowest BCUT2D eigenvalue weighted by molar-refractivity contribution is -0.138. The molecule has 2 atom stereocenters. The molecule has 1 rings (SSSR count). The van der Waals surface area contributed by atoms with Gasteiger partial charge >= 0.3 is 5.97 Å². The summed E-state index contributed by atoms with van der Waals surface area (Å²) in [5.41, 5.74) is 0. The molecule has 1 aliphatic rings. The third kappa shape index (κ3) is 6.57. The summed E-state index contributed by atoms with van der Waals surface area (Å²) < 4.78 is 0. The lowest BCUT2D eigenvalue weighted by Crippen LogP contribution is -2.42. The first-order valence-electron chi connectivity index (χ1n) is 7.19. The molecule has 0 saturated carbocycles. The van der Waals surface area contributed by atoms with E-state index < -0.39 is 5.97 Å². The number of hydrogen-bond acceptors (Lipinski definition) is 3. The molecule has 0 aliphatic carbocycles. The first kappa shape index (κ1) is 16.0. The molecule has 1 amide bonds. The molecule has 1 saturated heterocycles. The highest BCUT2D eigenvalue weighted by atomic mass is 16.4. The Hall–Kier alpha value is -1.10. The number of piperidine rings is 1. The first-order valence-corrected chi connectivity index (χ1v) is 7.19.